The summed E-state index contributed by atoms with van der Waals surface area (Å²) in [4.78, 5) is 10.8. The number of carboxylic acids is 1. The summed E-state index contributed by atoms with van der Waals surface area (Å²) in [7, 11) is -4.58. The predicted molar refractivity (Wildman–Crippen MR) is 105 cm³/mol. The molecule has 0 unspecified atom stereocenters. The topological polar surface area (TPSA) is 137 Å². The molecule has 0 aromatic heterocycles. The number of aromatic carboxylic acids is 1. The molecule has 3 aromatic rings. The Hall–Kier alpha value is -1.30. The first kappa shape index (κ1) is 24.7. The Morgan fingerprint density at radius 1 is 0.857 bits per heavy atom. The Morgan fingerprint density at radius 2 is 1.39 bits per heavy atom. The number of carbonyl (C=O) groups is 1. The maximum atomic E-state index is 11.7. The molecular weight excluding hydrogens is 406 g/mol. The van der Waals surface area contributed by atoms with Gasteiger partial charge >= 0.3 is 5.97 Å². The number of carboxylic acid groups (broad SMARTS) is 1. The number of phenolic OH excluding ortho intramolecular Hbond substituents is 1. The van der Waals surface area contributed by atoms with Gasteiger partial charge in [-0.25, -0.2) is 4.79 Å². The van der Waals surface area contributed by atoms with Crippen molar-refractivity contribution >= 4 is 97.3 Å². The van der Waals surface area contributed by atoms with Crippen LogP contribution in [0.4, 0.5) is 11.4 Å². The van der Waals surface area contributed by atoms with Gasteiger partial charge in [-0.1, -0.05) is 36.4 Å². The van der Waals surface area contributed by atoms with Crippen LogP contribution in [0.25, 0.3) is 10.8 Å². The zero-order valence-corrected chi connectivity index (χ0v) is 19.9. The third kappa shape index (κ3) is 5.19. The van der Waals surface area contributed by atoms with Crippen LogP contribution in [0.1, 0.15) is 10.4 Å². The summed E-state index contributed by atoms with van der Waals surface area (Å²) in [6, 6.07) is 12.8. The van der Waals surface area contributed by atoms with Crippen LogP contribution in [-0.2, 0) is 10.1 Å². The second-order valence-corrected chi connectivity index (χ2v) is 6.68. The first-order chi connectivity index (χ1) is 12.3. The van der Waals surface area contributed by atoms with Crippen molar-refractivity contribution in [2.24, 2.45) is 10.2 Å². The normalized spacial score (nSPS) is 11.0. The summed E-state index contributed by atoms with van der Waals surface area (Å²) in [5, 5.41) is 27.3. The van der Waals surface area contributed by atoms with Gasteiger partial charge in [0.05, 0.1) is 5.56 Å². The summed E-state index contributed by atoms with van der Waals surface area (Å²) in [5.41, 5.74) is -0.302. The molecule has 0 heterocycles. The molecule has 134 valence electrons. The zero-order chi connectivity index (χ0) is 18.9. The Kier molecular flexibility index (Phi) is 8.79. The molecule has 0 atom stereocenters. The predicted octanol–water partition coefficient (Wildman–Crippen LogP) is 3.14. The summed E-state index contributed by atoms with van der Waals surface area (Å²) in [6.07, 6.45) is 0. The number of phenols is 1. The van der Waals surface area contributed by atoms with Crippen molar-refractivity contribution in [2.75, 3.05) is 0 Å². The molecule has 0 bridgehead atoms. The van der Waals surface area contributed by atoms with Gasteiger partial charge in [0.1, 0.15) is 16.3 Å². The number of benzene rings is 3. The van der Waals surface area contributed by atoms with Crippen LogP contribution in [0.15, 0.2) is 69.7 Å². The van der Waals surface area contributed by atoms with Crippen LogP contribution in [0.2, 0.25) is 0 Å². The van der Waals surface area contributed by atoms with E-state index in [1.807, 2.05) is 0 Å². The summed E-state index contributed by atoms with van der Waals surface area (Å²) < 4.78 is 32.7. The van der Waals surface area contributed by atoms with Gasteiger partial charge in [-0.3, -0.25) is 4.55 Å². The van der Waals surface area contributed by atoms with E-state index in [4.69, 9.17) is 5.11 Å². The van der Waals surface area contributed by atoms with Gasteiger partial charge in [-0.05, 0) is 18.2 Å². The quantitative estimate of drug-likeness (QED) is 0.338. The van der Waals surface area contributed by atoms with Crippen LogP contribution < -0.4 is 0 Å². The van der Waals surface area contributed by atoms with Crippen molar-refractivity contribution in [1.82, 2.24) is 0 Å². The van der Waals surface area contributed by atoms with E-state index in [-0.39, 0.29) is 92.6 Å². The molecule has 28 heavy (non-hydrogen) atoms. The molecule has 2 radical (unpaired) electrons. The zero-order valence-electron chi connectivity index (χ0n) is 15.1. The van der Waals surface area contributed by atoms with Crippen LogP contribution in [-0.4, -0.2) is 88.3 Å². The fraction of sp³-hybridized carbons (Fsp3) is 0. The first-order valence-electron chi connectivity index (χ1n) is 7.25. The van der Waals surface area contributed by atoms with E-state index in [0.29, 0.717) is 0 Å². The van der Waals surface area contributed by atoms with E-state index in [2.05, 4.69) is 10.2 Å². The fourth-order valence-corrected chi connectivity index (χ4v) is 3.17. The molecule has 0 saturated heterocycles. The van der Waals surface area contributed by atoms with Gasteiger partial charge in [0.25, 0.3) is 10.1 Å². The van der Waals surface area contributed by atoms with E-state index in [0.717, 1.165) is 6.07 Å². The van der Waals surface area contributed by atoms with E-state index in [1.165, 1.54) is 30.3 Å². The number of hydrogen-bond acceptors (Lipinski definition) is 6. The largest absolute Gasteiger partial charge is 0.505 e. The van der Waals surface area contributed by atoms with E-state index >= 15 is 0 Å². The van der Waals surface area contributed by atoms with Gasteiger partial charge in [0.2, 0.25) is 0 Å². The molecule has 0 spiro atoms. The van der Waals surface area contributed by atoms with Crippen LogP contribution >= 0.6 is 0 Å². The number of azo groups is 1. The van der Waals surface area contributed by atoms with E-state index < -0.39 is 21.0 Å². The van der Waals surface area contributed by atoms with Crippen LogP contribution in [0.3, 0.4) is 0 Å². The van der Waals surface area contributed by atoms with Gasteiger partial charge in [-0.2, -0.15) is 8.42 Å². The third-order valence-electron chi connectivity index (χ3n) is 3.64. The molecule has 11 heteroatoms. The molecule has 3 aromatic carbocycles. The van der Waals surface area contributed by atoms with E-state index in [9.17, 15) is 22.9 Å². The first-order valence-corrected chi connectivity index (χ1v) is 8.69. The summed E-state index contributed by atoms with van der Waals surface area (Å²) >= 11 is 0. The average Bonchev–Trinajstić information content (AvgIpc) is 2.60. The average molecular weight is 418 g/mol. The Balaban J connectivity index is 0.00000196. The number of nitrogens with zero attached hydrogens (tertiary/aromatic N) is 2. The standard InChI is InChI=1S/C17H12N2O6S.2Na/c20-16-11-6-2-1-5-10(11)15(26(23,24)25)9-14(16)19-18-13-8-4-3-7-12(13)17(21)22;;/h1-9,20H,(H,21,22)(H,23,24,25);;. The Bertz CT molecular complexity index is 1170. The summed E-state index contributed by atoms with van der Waals surface area (Å²) in [5.74, 6) is -1.55. The Morgan fingerprint density at radius 3 is 2.00 bits per heavy atom. The van der Waals surface area contributed by atoms with Gasteiger partial charge < -0.3 is 10.2 Å². The van der Waals surface area contributed by atoms with Crippen molar-refractivity contribution in [3.05, 3.63) is 60.2 Å². The van der Waals surface area contributed by atoms with Crippen molar-refractivity contribution in [3.63, 3.8) is 0 Å². The molecule has 8 nitrogen and oxygen atoms in total. The third-order valence-corrected chi connectivity index (χ3v) is 4.53. The van der Waals surface area contributed by atoms with Gasteiger partial charge in [0.15, 0.2) is 5.75 Å². The molecule has 0 aliphatic rings. The van der Waals surface area contributed by atoms with Gasteiger partial charge in [-0.15, -0.1) is 10.2 Å². The van der Waals surface area contributed by atoms with Crippen molar-refractivity contribution in [2.45, 2.75) is 4.90 Å². The van der Waals surface area contributed by atoms with Crippen LogP contribution in [0, 0.1) is 0 Å². The molecule has 0 aliphatic carbocycles. The van der Waals surface area contributed by atoms with E-state index in [1.54, 1.807) is 18.2 Å². The van der Waals surface area contributed by atoms with Gasteiger partial charge in [0, 0.05) is 69.9 Å². The minimum Gasteiger partial charge on any atom is -0.505 e. The second kappa shape index (κ2) is 9.95. The Labute approximate surface area is 204 Å². The SMILES string of the molecule is O=C(O)c1ccccc1N=Nc1cc(S(=O)(=O)O)c2ccccc2c1O.[Na].[Na]. The number of rotatable bonds is 4. The number of aromatic hydroxyl groups is 1. The van der Waals surface area contributed by atoms with Crippen LogP contribution in [0.5, 0.6) is 5.75 Å². The van der Waals surface area contributed by atoms with Crippen molar-refractivity contribution < 1.29 is 28.0 Å². The van der Waals surface area contributed by atoms with Crippen molar-refractivity contribution in [1.29, 1.82) is 0 Å². The smallest absolute Gasteiger partial charge is 0.337 e. The molecule has 0 fully saturated rings. The molecule has 3 N–H and O–H groups in total. The number of hydrogen-bond donors (Lipinski definition) is 3. The molecule has 0 amide bonds. The number of fused-ring (bicyclic) bond motifs is 1. The second-order valence-electron chi connectivity index (χ2n) is 5.29. The fourth-order valence-electron chi connectivity index (χ4n) is 2.45. The molecule has 0 saturated carbocycles. The molecular formula is C17H12N2Na2O6S. The maximum Gasteiger partial charge on any atom is 0.337 e. The van der Waals surface area contributed by atoms with Crippen molar-refractivity contribution in [3.8, 4) is 5.75 Å². The minimum absolute atomic E-state index is 0. The molecule has 3 rings (SSSR count). The minimum atomic E-state index is -4.58. The molecule has 0 aliphatic heterocycles. The monoisotopic (exact) mass is 418 g/mol. The summed E-state index contributed by atoms with van der Waals surface area (Å²) in [6.45, 7) is 0. The maximum absolute atomic E-state index is 11.7.